The lowest BCUT2D eigenvalue weighted by Gasteiger charge is -2.47. The van der Waals surface area contributed by atoms with Crippen molar-refractivity contribution in [1.29, 1.82) is 0 Å². The summed E-state index contributed by atoms with van der Waals surface area (Å²) < 4.78 is 24.5. The van der Waals surface area contributed by atoms with Gasteiger partial charge in [0.05, 0.1) is 12.8 Å². The molecule has 1 atom stereocenters. The van der Waals surface area contributed by atoms with Crippen LogP contribution in [0.25, 0.3) is 0 Å². The summed E-state index contributed by atoms with van der Waals surface area (Å²) in [5, 5.41) is 3.64. The quantitative estimate of drug-likeness (QED) is 0.897. The standard InChI is InChI=1S/C20H25FN2O2/c21-9-12-23-10-7-20(8-11-23)14-18(22-15-16-4-3-13-24-16)17-5-1-2-6-19(17)25-20/h1-6,13,18,22H,7-12,14-15H2/t18-/m0/s1. The van der Waals surface area contributed by atoms with Crippen molar-refractivity contribution in [2.75, 3.05) is 26.3 Å². The van der Waals surface area contributed by atoms with Crippen LogP contribution < -0.4 is 10.1 Å². The predicted octanol–water partition coefficient (Wildman–Crippen LogP) is 3.70. The van der Waals surface area contributed by atoms with Gasteiger partial charge >= 0.3 is 0 Å². The van der Waals surface area contributed by atoms with Crippen LogP contribution in [0.4, 0.5) is 4.39 Å². The summed E-state index contributed by atoms with van der Waals surface area (Å²) >= 11 is 0. The SMILES string of the molecule is FCCN1CCC2(CC1)C[C@H](NCc1ccco1)c1ccccc1O2. The summed E-state index contributed by atoms with van der Waals surface area (Å²) in [6, 6.07) is 12.4. The zero-order valence-corrected chi connectivity index (χ0v) is 14.4. The highest BCUT2D eigenvalue weighted by molar-refractivity contribution is 5.39. The van der Waals surface area contributed by atoms with E-state index < -0.39 is 0 Å². The molecular formula is C20H25FN2O2. The third kappa shape index (κ3) is 3.58. The highest BCUT2D eigenvalue weighted by Gasteiger charge is 2.43. The topological polar surface area (TPSA) is 37.6 Å². The molecule has 0 saturated carbocycles. The normalized spacial score (nSPS) is 22.5. The lowest BCUT2D eigenvalue weighted by atomic mass is 9.80. The van der Waals surface area contributed by atoms with Gasteiger partial charge in [-0.2, -0.15) is 0 Å². The van der Waals surface area contributed by atoms with Crippen molar-refractivity contribution in [1.82, 2.24) is 10.2 Å². The lowest BCUT2D eigenvalue weighted by molar-refractivity contribution is -0.0264. The van der Waals surface area contributed by atoms with E-state index in [1.165, 1.54) is 5.56 Å². The fourth-order valence-corrected chi connectivity index (χ4v) is 4.05. The van der Waals surface area contributed by atoms with E-state index in [0.717, 1.165) is 43.9 Å². The van der Waals surface area contributed by atoms with Crippen molar-refractivity contribution >= 4 is 0 Å². The molecule has 1 aromatic heterocycles. The Morgan fingerprint density at radius 2 is 2.00 bits per heavy atom. The predicted molar refractivity (Wildman–Crippen MR) is 94.4 cm³/mol. The minimum Gasteiger partial charge on any atom is -0.487 e. The van der Waals surface area contributed by atoms with Gasteiger partial charge in [0, 0.05) is 37.7 Å². The first-order valence-electron chi connectivity index (χ1n) is 9.10. The van der Waals surface area contributed by atoms with Crippen molar-refractivity contribution in [3.8, 4) is 5.75 Å². The number of benzene rings is 1. The highest BCUT2D eigenvalue weighted by Crippen LogP contribution is 2.44. The number of ether oxygens (including phenoxy) is 1. The molecule has 2 aliphatic heterocycles. The van der Waals surface area contributed by atoms with Gasteiger partial charge in [-0.3, -0.25) is 0 Å². The van der Waals surface area contributed by atoms with E-state index in [1.54, 1.807) is 6.26 Å². The van der Waals surface area contributed by atoms with Crippen molar-refractivity contribution < 1.29 is 13.5 Å². The van der Waals surface area contributed by atoms with Crippen molar-refractivity contribution in [2.24, 2.45) is 0 Å². The van der Waals surface area contributed by atoms with Gasteiger partial charge in [-0.05, 0) is 31.0 Å². The van der Waals surface area contributed by atoms with E-state index in [-0.39, 0.29) is 18.3 Å². The van der Waals surface area contributed by atoms with Gasteiger partial charge in [0.15, 0.2) is 0 Å². The van der Waals surface area contributed by atoms with E-state index in [9.17, 15) is 4.39 Å². The summed E-state index contributed by atoms with van der Waals surface area (Å²) in [5.74, 6) is 1.92. The first-order chi connectivity index (χ1) is 12.3. The molecule has 134 valence electrons. The second-order valence-electron chi connectivity index (χ2n) is 7.07. The fraction of sp³-hybridized carbons (Fsp3) is 0.500. The molecule has 0 bridgehead atoms. The monoisotopic (exact) mass is 344 g/mol. The van der Waals surface area contributed by atoms with Crippen LogP contribution in [0.15, 0.2) is 47.1 Å². The summed E-state index contributed by atoms with van der Waals surface area (Å²) in [6.45, 7) is 2.76. The summed E-state index contributed by atoms with van der Waals surface area (Å²) in [7, 11) is 0. The van der Waals surface area contributed by atoms with Crippen LogP contribution in [0.2, 0.25) is 0 Å². The molecule has 1 fully saturated rings. The van der Waals surface area contributed by atoms with Gasteiger partial charge in [-0.15, -0.1) is 0 Å². The van der Waals surface area contributed by atoms with E-state index in [4.69, 9.17) is 9.15 Å². The Bertz CT molecular complexity index is 681. The molecule has 1 saturated heterocycles. The lowest BCUT2D eigenvalue weighted by Crippen LogP contribution is -2.52. The maximum absolute atomic E-state index is 12.6. The van der Waals surface area contributed by atoms with Gasteiger partial charge in [0.1, 0.15) is 23.8 Å². The van der Waals surface area contributed by atoms with Crippen LogP contribution in [0.1, 0.15) is 36.6 Å². The van der Waals surface area contributed by atoms with Gasteiger partial charge in [0.2, 0.25) is 0 Å². The molecule has 4 nitrogen and oxygen atoms in total. The maximum atomic E-state index is 12.6. The zero-order valence-electron chi connectivity index (χ0n) is 14.4. The number of piperidine rings is 1. The molecule has 3 heterocycles. The highest BCUT2D eigenvalue weighted by atomic mass is 19.1. The number of alkyl halides is 1. The summed E-state index contributed by atoms with van der Waals surface area (Å²) in [6.07, 6.45) is 4.53. The van der Waals surface area contributed by atoms with Crippen molar-refractivity contribution in [3.63, 3.8) is 0 Å². The largest absolute Gasteiger partial charge is 0.487 e. The Kier molecular flexibility index (Phi) is 4.77. The Labute approximate surface area is 148 Å². The number of para-hydroxylation sites is 1. The minimum atomic E-state index is -0.274. The fourth-order valence-electron chi connectivity index (χ4n) is 4.05. The molecule has 1 aromatic carbocycles. The number of halogens is 1. The van der Waals surface area contributed by atoms with E-state index in [1.807, 2.05) is 18.2 Å². The molecule has 0 amide bonds. The molecule has 0 unspecified atom stereocenters. The molecule has 25 heavy (non-hydrogen) atoms. The second kappa shape index (κ2) is 7.18. The average molecular weight is 344 g/mol. The van der Waals surface area contributed by atoms with Crippen LogP contribution in [0.5, 0.6) is 5.75 Å². The van der Waals surface area contributed by atoms with E-state index in [2.05, 4.69) is 28.4 Å². The number of rotatable bonds is 5. The molecular weight excluding hydrogens is 319 g/mol. The Morgan fingerprint density at radius 3 is 2.76 bits per heavy atom. The number of fused-ring (bicyclic) bond motifs is 1. The smallest absolute Gasteiger partial charge is 0.124 e. The number of hydrogen-bond donors (Lipinski definition) is 1. The number of likely N-dealkylation sites (tertiary alicyclic amines) is 1. The number of nitrogens with one attached hydrogen (secondary N) is 1. The minimum absolute atomic E-state index is 0.151. The zero-order chi connectivity index (χ0) is 17.1. The third-order valence-electron chi connectivity index (χ3n) is 5.47. The Hall–Kier alpha value is -1.85. The maximum Gasteiger partial charge on any atom is 0.124 e. The molecule has 5 heteroatoms. The first kappa shape index (κ1) is 16.6. The van der Waals surface area contributed by atoms with E-state index >= 15 is 0 Å². The summed E-state index contributed by atoms with van der Waals surface area (Å²) in [4.78, 5) is 2.19. The van der Waals surface area contributed by atoms with Crippen molar-refractivity contribution in [2.45, 2.75) is 37.5 Å². The third-order valence-corrected chi connectivity index (χ3v) is 5.47. The van der Waals surface area contributed by atoms with Crippen LogP contribution >= 0.6 is 0 Å². The first-order valence-corrected chi connectivity index (χ1v) is 9.10. The molecule has 2 aromatic rings. The van der Waals surface area contributed by atoms with Crippen molar-refractivity contribution in [3.05, 3.63) is 54.0 Å². The van der Waals surface area contributed by atoms with Gasteiger partial charge in [-0.1, -0.05) is 18.2 Å². The van der Waals surface area contributed by atoms with Crippen LogP contribution in [-0.2, 0) is 6.54 Å². The van der Waals surface area contributed by atoms with E-state index in [0.29, 0.717) is 13.1 Å². The number of furan rings is 1. The van der Waals surface area contributed by atoms with Crippen LogP contribution in [0.3, 0.4) is 0 Å². The molecule has 2 aliphatic rings. The van der Waals surface area contributed by atoms with Crippen LogP contribution in [0, 0.1) is 0 Å². The molecule has 1 N–H and O–H groups in total. The Morgan fingerprint density at radius 1 is 1.16 bits per heavy atom. The van der Waals surface area contributed by atoms with Gasteiger partial charge in [0.25, 0.3) is 0 Å². The number of nitrogens with zero attached hydrogens (tertiary/aromatic N) is 1. The molecule has 4 rings (SSSR count). The Balaban J connectivity index is 1.50. The van der Waals surface area contributed by atoms with Gasteiger partial charge < -0.3 is 19.4 Å². The molecule has 0 radical (unpaired) electrons. The second-order valence-corrected chi connectivity index (χ2v) is 7.07. The summed E-state index contributed by atoms with van der Waals surface area (Å²) in [5.41, 5.74) is 1.06. The average Bonchev–Trinajstić information content (AvgIpc) is 3.16. The molecule has 0 aliphatic carbocycles. The van der Waals surface area contributed by atoms with Crippen LogP contribution in [-0.4, -0.2) is 36.8 Å². The van der Waals surface area contributed by atoms with Gasteiger partial charge in [-0.25, -0.2) is 4.39 Å². The molecule has 1 spiro atoms. The number of hydrogen-bond acceptors (Lipinski definition) is 4.